The fourth-order valence-corrected chi connectivity index (χ4v) is 1.62. The smallest absolute Gasteiger partial charge is 0.0895 e. The molecule has 0 aliphatic rings. The van der Waals surface area contributed by atoms with Gasteiger partial charge in [0.1, 0.15) is 0 Å². The SMILES string of the molecule is CC(C)COCc1c(I)cnn1C. The third-order valence-corrected chi connectivity index (χ3v) is 2.60. The molecule has 0 radical (unpaired) electrons. The molecule has 0 amide bonds. The molecule has 1 aromatic rings. The van der Waals surface area contributed by atoms with Gasteiger partial charge in [0.25, 0.3) is 0 Å². The van der Waals surface area contributed by atoms with E-state index in [9.17, 15) is 0 Å². The molecular weight excluding hydrogens is 279 g/mol. The molecule has 0 aliphatic carbocycles. The molecule has 13 heavy (non-hydrogen) atoms. The molecular formula is C9H15IN2O. The summed E-state index contributed by atoms with van der Waals surface area (Å²) in [6.45, 7) is 5.76. The third kappa shape index (κ3) is 3.27. The van der Waals surface area contributed by atoms with Crippen LogP contribution in [0.2, 0.25) is 0 Å². The number of hydrogen-bond donors (Lipinski definition) is 0. The average molecular weight is 294 g/mol. The van der Waals surface area contributed by atoms with Crippen LogP contribution in [0.1, 0.15) is 19.5 Å². The summed E-state index contributed by atoms with van der Waals surface area (Å²) in [5, 5.41) is 4.14. The lowest BCUT2D eigenvalue weighted by atomic mass is 10.2. The standard InChI is InChI=1S/C9H15IN2O/c1-7(2)5-13-6-9-8(10)4-11-12(9)3/h4,7H,5-6H2,1-3H3. The van der Waals surface area contributed by atoms with E-state index in [1.165, 1.54) is 3.57 Å². The fraction of sp³-hybridized carbons (Fsp3) is 0.667. The Hall–Kier alpha value is -0.100. The van der Waals surface area contributed by atoms with Crippen molar-refractivity contribution in [2.24, 2.45) is 13.0 Å². The summed E-state index contributed by atoms with van der Waals surface area (Å²) < 4.78 is 8.57. The van der Waals surface area contributed by atoms with E-state index in [2.05, 4.69) is 41.5 Å². The largest absolute Gasteiger partial charge is 0.375 e. The van der Waals surface area contributed by atoms with E-state index >= 15 is 0 Å². The zero-order chi connectivity index (χ0) is 9.84. The van der Waals surface area contributed by atoms with Crippen molar-refractivity contribution in [3.8, 4) is 0 Å². The number of rotatable bonds is 4. The van der Waals surface area contributed by atoms with Crippen LogP contribution in [0.5, 0.6) is 0 Å². The average Bonchev–Trinajstić information content (AvgIpc) is 2.34. The molecule has 74 valence electrons. The monoisotopic (exact) mass is 294 g/mol. The van der Waals surface area contributed by atoms with Crippen molar-refractivity contribution < 1.29 is 4.74 Å². The first-order chi connectivity index (χ1) is 6.11. The first-order valence-electron chi connectivity index (χ1n) is 4.35. The Morgan fingerprint density at radius 3 is 2.77 bits per heavy atom. The molecule has 0 fully saturated rings. The topological polar surface area (TPSA) is 27.1 Å². The van der Waals surface area contributed by atoms with Gasteiger partial charge in [-0.1, -0.05) is 13.8 Å². The lowest BCUT2D eigenvalue weighted by Gasteiger charge is -2.07. The van der Waals surface area contributed by atoms with Crippen LogP contribution in [0.3, 0.4) is 0 Å². The molecule has 0 saturated heterocycles. The molecule has 1 rings (SSSR count). The Kier molecular flexibility index (Phi) is 4.18. The van der Waals surface area contributed by atoms with Crippen molar-refractivity contribution in [2.45, 2.75) is 20.5 Å². The maximum absolute atomic E-state index is 5.54. The summed E-state index contributed by atoms with van der Waals surface area (Å²) in [7, 11) is 1.94. The molecule has 0 unspecified atom stereocenters. The first kappa shape index (κ1) is 11.0. The van der Waals surface area contributed by atoms with Gasteiger partial charge in [-0.15, -0.1) is 0 Å². The molecule has 0 spiro atoms. The first-order valence-corrected chi connectivity index (χ1v) is 5.43. The molecule has 0 atom stereocenters. The lowest BCUT2D eigenvalue weighted by Crippen LogP contribution is -2.06. The van der Waals surface area contributed by atoms with Crippen molar-refractivity contribution in [3.63, 3.8) is 0 Å². The van der Waals surface area contributed by atoms with Crippen molar-refractivity contribution in [2.75, 3.05) is 6.61 Å². The Balaban J connectivity index is 2.44. The molecule has 0 N–H and O–H groups in total. The summed E-state index contributed by atoms with van der Waals surface area (Å²) in [6, 6.07) is 0. The van der Waals surface area contributed by atoms with Crippen LogP contribution in [-0.2, 0) is 18.4 Å². The Labute approximate surface area is 92.6 Å². The zero-order valence-corrected chi connectivity index (χ0v) is 10.4. The van der Waals surface area contributed by atoms with Crippen LogP contribution in [0.25, 0.3) is 0 Å². The van der Waals surface area contributed by atoms with E-state index in [1.807, 2.05) is 17.9 Å². The molecule has 0 aromatic carbocycles. The summed E-state index contributed by atoms with van der Waals surface area (Å²) in [5.41, 5.74) is 1.15. The molecule has 4 heteroatoms. The highest BCUT2D eigenvalue weighted by Gasteiger charge is 2.05. The normalized spacial score (nSPS) is 11.2. The van der Waals surface area contributed by atoms with Crippen LogP contribution >= 0.6 is 22.6 Å². The van der Waals surface area contributed by atoms with Gasteiger partial charge in [0.15, 0.2) is 0 Å². The van der Waals surface area contributed by atoms with E-state index < -0.39 is 0 Å². The minimum atomic E-state index is 0.589. The number of ether oxygens (including phenoxy) is 1. The van der Waals surface area contributed by atoms with Gasteiger partial charge in [0.05, 0.1) is 22.1 Å². The van der Waals surface area contributed by atoms with Crippen molar-refractivity contribution in [1.29, 1.82) is 0 Å². The van der Waals surface area contributed by atoms with Gasteiger partial charge in [-0.2, -0.15) is 5.10 Å². The van der Waals surface area contributed by atoms with E-state index in [0.29, 0.717) is 12.5 Å². The van der Waals surface area contributed by atoms with Gasteiger partial charge >= 0.3 is 0 Å². The Morgan fingerprint density at radius 2 is 2.31 bits per heavy atom. The van der Waals surface area contributed by atoms with E-state index in [4.69, 9.17) is 4.74 Å². The van der Waals surface area contributed by atoms with E-state index in [0.717, 1.165) is 12.3 Å². The van der Waals surface area contributed by atoms with E-state index in [1.54, 1.807) is 0 Å². The highest BCUT2D eigenvalue weighted by Crippen LogP contribution is 2.11. The predicted octanol–water partition coefficient (Wildman–Crippen LogP) is 2.20. The number of aromatic nitrogens is 2. The molecule has 0 saturated carbocycles. The van der Waals surface area contributed by atoms with Crippen LogP contribution in [0.4, 0.5) is 0 Å². The second-order valence-electron chi connectivity index (χ2n) is 3.47. The summed E-state index contributed by atoms with van der Waals surface area (Å²) in [6.07, 6.45) is 1.86. The highest BCUT2D eigenvalue weighted by atomic mass is 127. The second-order valence-corrected chi connectivity index (χ2v) is 4.63. The summed E-state index contributed by atoms with van der Waals surface area (Å²) >= 11 is 2.27. The van der Waals surface area contributed by atoms with Crippen molar-refractivity contribution in [3.05, 3.63) is 15.5 Å². The maximum Gasteiger partial charge on any atom is 0.0895 e. The zero-order valence-electron chi connectivity index (χ0n) is 8.25. The number of halogens is 1. The van der Waals surface area contributed by atoms with Crippen LogP contribution in [-0.4, -0.2) is 16.4 Å². The molecule has 3 nitrogen and oxygen atoms in total. The van der Waals surface area contributed by atoms with Crippen LogP contribution in [0, 0.1) is 9.49 Å². The number of hydrogen-bond acceptors (Lipinski definition) is 2. The van der Waals surface area contributed by atoms with Crippen LogP contribution < -0.4 is 0 Å². The van der Waals surface area contributed by atoms with Crippen LogP contribution in [0.15, 0.2) is 6.20 Å². The van der Waals surface area contributed by atoms with E-state index in [-0.39, 0.29) is 0 Å². The molecule has 1 heterocycles. The van der Waals surface area contributed by atoms with Gasteiger partial charge in [0.2, 0.25) is 0 Å². The van der Waals surface area contributed by atoms with Crippen molar-refractivity contribution >= 4 is 22.6 Å². The Bertz CT molecular complexity index is 251. The van der Waals surface area contributed by atoms with Gasteiger partial charge < -0.3 is 4.74 Å². The molecule has 0 aliphatic heterocycles. The van der Waals surface area contributed by atoms with Gasteiger partial charge in [-0.05, 0) is 28.5 Å². The number of nitrogens with zero attached hydrogens (tertiary/aromatic N) is 2. The number of aryl methyl sites for hydroxylation is 1. The highest BCUT2D eigenvalue weighted by molar-refractivity contribution is 14.1. The second kappa shape index (κ2) is 4.95. The summed E-state index contributed by atoms with van der Waals surface area (Å²) in [4.78, 5) is 0. The molecule has 0 bridgehead atoms. The fourth-order valence-electron chi connectivity index (χ4n) is 0.990. The van der Waals surface area contributed by atoms with Gasteiger partial charge in [0, 0.05) is 13.7 Å². The Morgan fingerprint density at radius 1 is 1.62 bits per heavy atom. The van der Waals surface area contributed by atoms with Gasteiger partial charge in [-0.3, -0.25) is 4.68 Å². The summed E-state index contributed by atoms with van der Waals surface area (Å²) in [5.74, 6) is 0.589. The lowest BCUT2D eigenvalue weighted by molar-refractivity contribution is 0.0922. The maximum atomic E-state index is 5.54. The van der Waals surface area contributed by atoms with Crippen molar-refractivity contribution in [1.82, 2.24) is 9.78 Å². The van der Waals surface area contributed by atoms with Gasteiger partial charge in [-0.25, -0.2) is 0 Å². The molecule has 1 aromatic heterocycles. The minimum Gasteiger partial charge on any atom is -0.375 e. The third-order valence-electron chi connectivity index (χ3n) is 1.70. The predicted molar refractivity (Wildman–Crippen MR) is 60.4 cm³/mol. The minimum absolute atomic E-state index is 0.589. The quantitative estimate of drug-likeness (QED) is 0.796.